The van der Waals surface area contributed by atoms with Gasteiger partial charge < -0.3 is 5.32 Å². The van der Waals surface area contributed by atoms with Crippen LogP contribution >= 0.6 is 27.5 Å². The number of para-hydroxylation sites is 1. The molecule has 0 saturated carbocycles. The summed E-state index contributed by atoms with van der Waals surface area (Å²) in [6.45, 7) is 0. The molecule has 0 fully saturated rings. The minimum atomic E-state index is 0.487. The maximum Gasteiger partial charge on any atom is 0.149 e. The lowest BCUT2D eigenvalue weighted by Gasteiger charge is -2.11. The Morgan fingerprint density at radius 1 is 1.14 bits per heavy atom. The minimum Gasteiger partial charge on any atom is -0.338 e. The van der Waals surface area contributed by atoms with Gasteiger partial charge in [0.15, 0.2) is 0 Å². The lowest BCUT2D eigenvalue weighted by atomic mass is 10.1. The topological polar surface area (TPSA) is 48.7 Å². The molecule has 1 heterocycles. The fraction of sp³-hybridized carbons (Fsp3) is 0. The first-order valence-electron chi connectivity index (χ1n) is 6.20. The van der Waals surface area contributed by atoms with E-state index in [-0.39, 0.29) is 0 Å². The molecule has 0 aliphatic rings. The molecular formula is C16H9BrClN3. The van der Waals surface area contributed by atoms with Crippen molar-refractivity contribution in [2.75, 3.05) is 5.32 Å². The molecule has 0 atom stereocenters. The second-order valence-electron chi connectivity index (χ2n) is 4.42. The number of fused-ring (bicyclic) bond motifs is 1. The third-order valence-electron chi connectivity index (χ3n) is 3.05. The normalized spacial score (nSPS) is 10.3. The third kappa shape index (κ3) is 2.71. The van der Waals surface area contributed by atoms with Crippen LogP contribution < -0.4 is 5.32 Å². The Hall–Kier alpha value is -2.09. The monoisotopic (exact) mass is 357 g/mol. The second kappa shape index (κ2) is 5.72. The summed E-state index contributed by atoms with van der Waals surface area (Å²) >= 11 is 9.51. The van der Waals surface area contributed by atoms with Gasteiger partial charge in [-0.05, 0) is 40.2 Å². The number of nitrogens with zero attached hydrogens (tertiary/aromatic N) is 2. The van der Waals surface area contributed by atoms with Gasteiger partial charge in [0.2, 0.25) is 0 Å². The van der Waals surface area contributed by atoms with E-state index in [1.807, 2.05) is 42.5 Å². The number of nitrogens with one attached hydrogen (secondary N) is 1. The highest BCUT2D eigenvalue weighted by Gasteiger charge is 2.10. The maximum atomic E-state index is 9.31. The van der Waals surface area contributed by atoms with Crippen LogP contribution in [0.3, 0.4) is 0 Å². The number of pyridine rings is 1. The van der Waals surface area contributed by atoms with Crippen molar-refractivity contribution in [3.8, 4) is 6.07 Å². The molecule has 3 nitrogen and oxygen atoms in total. The average Bonchev–Trinajstić information content (AvgIpc) is 2.51. The van der Waals surface area contributed by atoms with Crippen molar-refractivity contribution in [2.45, 2.75) is 0 Å². The first-order valence-corrected chi connectivity index (χ1v) is 7.37. The lowest BCUT2D eigenvalue weighted by Crippen LogP contribution is -1.98. The quantitative estimate of drug-likeness (QED) is 0.679. The summed E-state index contributed by atoms with van der Waals surface area (Å²) in [5.74, 6) is 0.513. The van der Waals surface area contributed by atoms with Crippen LogP contribution in [0.4, 0.5) is 11.5 Å². The zero-order chi connectivity index (χ0) is 14.8. The van der Waals surface area contributed by atoms with Crippen LogP contribution in [0.15, 0.2) is 53.0 Å². The molecule has 1 aromatic heterocycles. The first-order chi connectivity index (χ1) is 10.2. The smallest absolute Gasteiger partial charge is 0.149 e. The Labute approximate surface area is 135 Å². The number of aromatic nitrogens is 1. The van der Waals surface area contributed by atoms with E-state index in [9.17, 15) is 5.26 Å². The van der Waals surface area contributed by atoms with E-state index in [0.717, 1.165) is 21.1 Å². The minimum absolute atomic E-state index is 0.487. The van der Waals surface area contributed by atoms with Gasteiger partial charge in [-0.2, -0.15) is 5.26 Å². The van der Waals surface area contributed by atoms with Gasteiger partial charge in [0.25, 0.3) is 0 Å². The summed E-state index contributed by atoms with van der Waals surface area (Å²) in [4.78, 5) is 4.51. The molecule has 0 aliphatic heterocycles. The zero-order valence-corrected chi connectivity index (χ0v) is 13.1. The molecular weight excluding hydrogens is 350 g/mol. The molecule has 0 bridgehead atoms. The SMILES string of the molecule is N#Cc1cc2ccccc2nc1Nc1cccc(Cl)c1Br. The van der Waals surface area contributed by atoms with Crippen molar-refractivity contribution in [3.05, 3.63) is 63.6 Å². The number of hydrogen-bond acceptors (Lipinski definition) is 3. The van der Waals surface area contributed by atoms with Crippen LogP contribution in [-0.4, -0.2) is 4.98 Å². The summed E-state index contributed by atoms with van der Waals surface area (Å²) in [5.41, 5.74) is 2.08. The van der Waals surface area contributed by atoms with Crippen molar-refractivity contribution in [1.29, 1.82) is 5.26 Å². The summed E-state index contributed by atoms with van der Waals surface area (Å²) in [6.07, 6.45) is 0. The summed E-state index contributed by atoms with van der Waals surface area (Å²) in [6, 6.07) is 17.2. The molecule has 0 aliphatic carbocycles. The van der Waals surface area contributed by atoms with Gasteiger partial charge in [-0.15, -0.1) is 0 Å². The zero-order valence-electron chi connectivity index (χ0n) is 10.8. The van der Waals surface area contributed by atoms with Crippen molar-refractivity contribution in [1.82, 2.24) is 4.98 Å². The average molecular weight is 359 g/mol. The Morgan fingerprint density at radius 2 is 1.95 bits per heavy atom. The molecule has 1 N–H and O–H groups in total. The Kier molecular flexibility index (Phi) is 3.78. The fourth-order valence-electron chi connectivity index (χ4n) is 2.02. The second-order valence-corrected chi connectivity index (χ2v) is 5.62. The van der Waals surface area contributed by atoms with Crippen molar-refractivity contribution >= 4 is 49.9 Å². The molecule has 5 heteroatoms. The van der Waals surface area contributed by atoms with E-state index < -0.39 is 0 Å². The van der Waals surface area contributed by atoms with Gasteiger partial charge in [0.05, 0.1) is 26.3 Å². The van der Waals surface area contributed by atoms with E-state index in [2.05, 4.69) is 32.3 Å². The Morgan fingerprint density at radius 3 is 2.76 bits per heavy atom. The first kappa shape index (κ1) is 13.9. The molecule has 0 saturated heterocycles. The van der Waals surface area contributed by atoms with Crippen LogP contribution in [0.25, 0.3) is 10.9 Å². The number of hydrogen-bond donors (Lipinski definition) is 1. The van der Waals surface area contributed by atoms with Gasteiger partial charge in [0.1, 0.15) is 11.9 Å². The van der Waals surface area contributed by atoms with Crippen molar-refractivity contribution in [2.24, 2.45) is 0 Å². The third-order valence-corrected chi connectivity index (χ3v) is 4.45. The van der Waals surface area contributed by atoms with Gasteiger partial charge in [-0.3, -0.25) is 0 Å². The number of benzene rings is 2. The van der Waals surface area contributed by atoms with Crippen molar-refractivity contribution in [3.63, 3.8) is 0 Å². The van der Waals surface area contributed by atoms with E-state index in [0.29, 0.717) is 16.4 Å². The molecule has 3 rings (SSSR count). The van der Waals surface area contributed by atoms with Crippen LogP contribution in [0, 0.1) is 11.3 Å². The van der Waals surface area contributed by atoms with Crippen LogP contribution in [0.5, 0.6) is 0 Å². The highest BCUT2D eigenvalue weighted by atomic mass is 79.9. The maximum absolute atomic E-state index is 9.31. The predicted octanol–water partition coefficient (Wildman–Crippen LogP) is 5.27. The summed E-state index contributed by atoms with van der Waals surface area (Å²) < 4.78 is 0.741. The molecule has 21 heavy (non-hydrogen) atoms. The predicted molar refractivity (Wildman–Crippen MR) is 88.9 cm³/mol. The number of anilines is 2. The molecule has 0 radical (unpaired) electrons. The molecule has 0 spiro atoms. The summed E-state index contributed by atoms with van der Waals surface area (Å²) in [5, 5.41) is 14.0. The van der Waals surface area contributed by atoms with Gasteiger partial charge >= 0.3 is 0 Å². The van der Waals surface area contributed by atoms with E-state index >= 15 is 0 Å². The molecule has 3 aromatic rings. The fourth-order valence-corrected chi connectivity index (χ4v) is 2.56. The number of nitriles is 1. The van der Waals surface area contributed by atoms with Crippen molar-refractivity contribution < 1.29 is 0 Å². The highest BCUT2D eigenvalue weighted by molar-refractivity contribution is 9.10. The molecule has 0 unspecified atom stereocenters. The Balaban J connectivity index is 2.11. The van der Waals surface area contributed by atoms with Gasteiger partial charge in [0, 0.05) is 5.39 Å². The van der Waals surface area contributed by atoms with Gasteiger partial charge in [-0.25, -0.2) is 4.98 Å². The van der Waals surface area contributed by atoms with Crippen LogP contribution in [0.1, 0.15) is 5.56 Å². The van der Waals surface area contributed by atoms with E-state index in [4.69, 9.17) is 11.6 Å². The molecule has 2 aromatic carbocycles. The number of rotatable bonds is 2. The molecule has 0 amide bonds. The standard InChI is InChI=1S/C16H9BrClN3/c17-15-12(18)5-3-7-14(15)21-16-11(9-19)8-10-4-1-2-6-13(10)20-16/h1-8H,(H,20,21). The largest absolute Gasteiger partial charge is 0.338 e. The Bertz CT molecular complexity index is 871. The summed E-state index contributed by atoms with van der Waals surface area (Å²) in [7, 11) is 0. The van der Waals surface area contributed by atoms with E-state index in [1.54, 1.807) is 6.07 Å². The highest BCUT2D eigenvalue weighted by Crippen LogP contribution is 2.33. The van der Waals surface area contributed by atoms with E-state index in [1.165, 1.54) is 0 Å². The lowest BCUT2D eigenvalue weighted by molar-refractivity contribution is 1.34. The van der Waals surface area contributed by atoms with Crippen LogP contribution in [0.2, 0.25) is 5.02 Å². The van der Waals surface area contributed by atoms with Crippen LogP contribution in [-0.2, 0) is 0 Å². The molecule has 102 valence electrons. The number of halogens is 2. The van der Waals surface area contributed by atoms with Gasteiger partial charge in [-0.1, -0.05) is 35.9 Å².